The molecule has 1 aromatic heterocycles. The summed E-state index contributed by atoms with van der Waals surface area (Å²) in [6.07, 6.45) is 0.884. The first kappa shape index (κ1) is 16.9. The average Bonchev–Trinajstić information content (AvgIpc) is 2.78. The fourth-order valence-corrected chi connectivity index (χ4v) is 2.35. The topological polar surface area (TPSA) is 81.2 Å². The van der Waals surface area contributed by atoms with E-state index in [2.05, 4.69) is 15.5 Å². The molecule has 0 radical (unpaired) electrons. The molecule has 2 heterocycles. The molecule has 2 aromatic rings. The molecule has 1 aromatic carbocycles. The van der Waals surface area contributed by atoms with Gasteiger partial charge in [-0.15, -0.1) is 24.8 Å². The van der Waals surface area contributed by atoms with Crippen molar-refractivity contribution in [1.82, 2.24) is 15.5 Å². The first-order valence-electron chi connectivity index (χ1n) is 5.65. The quantitative estimate of drug-likeness (QED) is 0.644. The van der Waals surface area contributed by atoms with E-state index in [4.69, 9.17) is 11.6 Å². The fourth-order valence-electron chi connectivity index (χ4n) is 2.19. The third-order valence-electron chi connectivity index (χ3n) is 3.13. The molecule has 8 heteroatoms. The molecule has 5 nitrogen and oxygen atoms in total. The van der Waals surface area contributed by atoms with E-state index in [0.29, 0.717) is 17.8 Å². The first-order valence-corrected chi connectivity index (χ1v) is 6.03. The van der Waals surface area contributed by atoms with Gasteiger partial charge >= 0.3 is 0 Å². The van der Waals surface area contributed by atoms with Crippen molar-refractivity contribution in [3.63, 3.8) is 0 Å². The molecule has 0 aliphatic carbocycles. The van der Waals surface area contributed by atoms with E-state index in [1.165, 1.54) is 12.1 Å². The normalized spacial score (nSPS) is 13.1. The Bertz CT molecular complexity index is 616. The Hall–Kier alpha value is -1.14. The Labute approximate surface area is 133 Å². The van der Waals surface area contributed by atoms with Crippen LogP contribution in [0.25, 0.3) is 11.3 Å². The summed E-state index contributed by atoms with van der Waals surface area (Å²) in [5, 5.41) is 30.0. The molecule has 0 fully saturated rings. The molecule has 110 valence electrons. The van der Waals surface area contributed by atoms with Crippen LogP contribution in [0.2, 0.25) is 5.02 Å². The van der Waals surface area contributed by atoms with Gasteiger partial charge in [0.25, 0.3) is 0 Å². The van der Waals surface area contributed by atoms with Gasteiger partial charge in [0.2, 0.25) is 0 Å². The lowest BCUT2D eigenvalue weighted by molar-refractivity contribution is 0.452. The van der Waals surface area contributed by atoms with Crippen molar-refractivity contribution in [2.75, 3.05) is 6.54 Å². The second-order valence-corrected chi connectivity index (χ2v) is 4.68. The molecule has 0 saturated carbocycles. The summed E-state index contributed by atoms with van der Waals surface area (Å²) in [5.74, 6) is -0.169. The summed E-state index contributed by atoms with van der Waals surface area (Å²) >= 11 is 5.87. The minimum absolute atomic E-state index is 0. The van der Waals surface area contributed by atoms with Crippen molar-refractivity contribution < 1.29 is 10.2 Å². The SMILES string of the molecule is Cl.Cl.Oc1cc(O)c(-c2n[nH]c3c2CNCC3)cc1Cl. The number of aromatic hydroxyl groups is 2. The number of aromatic nitrogens is 2. The van der Waals surface area contributed by atoms with Crippen molar-refractivity contribution >= 4 is 36.4 Å². The van der Waals surface area contributed by atoms with E-state index < -0.39 is 0 Å². The summed E-state index contributed by atoms with van der Waals surface area (Å²) in [7, 11) is 0. The van der Waals surface area contributed by atoms with E-state index in [9.17, 15) is 10.2 Å². The molecule has 0 atom stereocenters. The van der Waals surface area contributed by atoms with Crippen molar-refractivity contribution in [3.05, 3.63) is 28.4 Å². The van der Waals surface area contributed by atoms with Crippen LogP contribution in [0.15, 0.2) is 12.1 Å². The number of hydrogen-bond donors (Lipinski definition) is 4. The zero-order chi connectivity index (χ0) is 12.7. The Morgan fingerprint density at radius 2 is 1.90 bits per heavy atom. The van der Waals surface area contributed by atoms with Crippen molar-refractivity contribution in [3.8, 4) is 22.8 Å². The van der Waals surface area contributed by atoms with Gasteiger partial charge in [-0.3, -0.25) is 5.10 Å². The highest BCUT2D eigenvalue weighted by molar-refractivity contribution is 6.32. The Morgan fingerprint density at radius 3 is 2.65 bits per heavy atom. The van der Waals surface area contributed by atoms with Gasteiger partial charge < -0.3 is 15.5 Å². The lowest BCUT2D eigenvalue weighted by atomic mass is 10.0. The summed E-state index contributed by atoms with van der Waals surface area (Å²) in [4.78, 5) is 0. The van der Waals surface area contributed by atoms with E-state index >= 15 is 0 Å². The Balaban J connectivity index is 0.000001000. The number of H-pyrrole nitrogens is 1. The molecule has 0 bridgehead atoms. The smallest absolute Gasteiger partial charge is 0.137 e. The third-order valence-corrected chi connectivity index (χ3v) is 3.43. The predicted octanol–water partition coefficient (Wildman–Crippen LogP) is 2.63. The number of rotatable bonds is 1. The van der Waals surface area contributed by atoms with E-state index in [-0.39, 0.29) is 41.3 Å². The van der Waals surface area contributed by atoms with Crippen molar-refractivity contribution in [1.29, 1.82) is 0 Å². The number of nitrogens with one attached hydrogen (secondary N) is 2. The van der Waals surface area contributed by atoms with Crippen LogP contribution in [0.5, 0.6) is 11.5 Å². The van der Waals surface area contributed by atoms with Crippen LogP contribution in [0.3, 0.4) is 0 Å². The molecular weight excluding hydrogens is 325 g/mol. The minimum Gasteiger partial charge on any atom is -0.507 e. The Morgan fingerprint density at radius 1 is 1.15 bits per heavy atom. The van der Waals surface area contributed by atoms with Gasteiger partial charge in [-0.2, -0.15) is 5.10 Å². The van der Waals surface area contributed by atoms with Gasteiger partial charge in [0.05, 0.1) is 5.02 Å². The molecule has 0 unspecified atom stereocenters. The standard InChI is InChI=1S/C12H12ClN3O2.2ClH/c13-8-3-6(10(17)4-11(8)18)12-7-5-14-2-1-9(7)15-16-12;;/h3-4,14,17-18H,1-2,5H2,(H,15,16);2*1H. The summed E-state index contributed by atoms with van der Waals surface area (Å²) in [5.41, 5.74) is 3.32. The van der Waals surface area contributed by atoms with E-state index in [1.807, 2.05) is 0 Å². The number of fused-ring (bicyclic) bond motifs is 1. The van der Waals surface area contributed by atoms with Crippen LogP contribution in [-0.4, -0.2) is 27.0 Å². The first-order chi connectivity index (χ1) is 8.66. The van der Waals surface area contributed by atoms with Crippen LogP contribution in [0, 0.1) is 0 Å². The van der Waals surface area contributed by atoms with Gasteiger partial charge in [0.15, 0.2) is 0 Å². The van der Waals surface area contributed by atoms with Crippen LogP contribution in [0.1, 0.15) is 11.3 Å². The number of halogens is 3. The number of hydrogen-bond acceptors (Lipinski definition) is 4. The maximum absolute atomic E-state index is 9.90. The zero-order valence-corrected chi connectivity index (χ0v) is 12.7. The summed E-state index contributed by atoms with van der Waals surface area (Å²) in [6, 6.07) is 2.76. The van der Waals surface area contributed by atoms with Crippen LogP contribution >= 0.6 is 36.4 Å². The predicted molar refractivity (Wildman–Crippen MR) is 82.3 cm³/mol. The molecule has 0 amide bonds. The minimum atomic E-state index is -0.138. The maximum atomic E-state index is 9.90. The monoisotopic (exact) mass is 337 g/mol. The van der Waals surface area contributed by atoms with Gasteiger partial charge in [-0.05, 0) is 6.07 Å². The van der Waals surface area contributed by atoms with Crippen molar-refractivity contribution in [2.24, 2.45) is 0 Å². The average molecular weight is 339 g/mol. The lowest BCUT2D eigenvalue weighted by Gasteiger charge is -2.13. The molecule has 1 aliphatic rings. The van der Waals surface area contributed by atoms with Crippen molar-refractivity contribution in [2.45, 2.75) is 13.0 Å². The van der Waals surface area contributed by atoms with E-state index in [0.717, 1.165) is 24.2 Å². The van der Waals surface area contributed by atoms with Gasteiger partial charge in [0.1, 0.15) is 17.2 Å². The molecule has 0 spiro atoms. The maximum Gasteiger partial charge on any atom is 0.137 e. The van der Waals surface area contributed by atoms with Crippen LogP contribution in [-0.2, 0) is 13.0 Å². The largest absolute Gasteiger partial charge is 0.507 e. The highest BCUT2D eigenvalue weighted by atomic mass is 35.5. The Kier molecular flexibility index (Phi) is 5.53. The number of phenols is 2. The number of benzene rings is 1. The molecule has 4 N–H and O–H groups in total. The van der Waals surface area contributed by atoms with E-state index in [1.54, 1.807) is 0 Å². The highest BCUT2D eigenvalue weighted by Crippen LogP contribution is 2.38. The summed E-state index contributed by atoms with van der Waals surface area (Å²) in [6.45, 7) is 1.62. The van der Waals surface area contributed by atoms with Gasteiger partial charge in [-0.1, -0.05) is 11.6 Å². The molecule has 20 heavy (non-hydrogen) atoms. The molecule has 3 rings (SSSR count). The van der Waals surface area contributed by atoms with Crippen LogP contribution < -0.4 is 5.32 Å². The fraction of sp³-hybridized carbons (Fsp3) is 0.250. The molecular formula is C12H14Cl3N3O2. The second-order valence-electron chi connectivity index (χ2n) is 4.28. The molecule has 1 aliphatic heterocycles. The van der Waals surface area contributed by atoms with Crippen LogP contribution in [0.4, 0.5) is 0 Å². The zero-order valence-electron chi connectivity index (χ0n) is 10.3. The second kappa shape index (κ2) is 6.54. The third kappa shape index (κ3) is 2.81. The van der Waals surface area contributed by atoms with Gasteiger partial charge in [-0.25, -0.2) is 0 Å². The lowest BCUT2D eigenvalue weighted by Crippen LogP contribution is -2.23. The highest BCUT2D eigenvalue weighted by Gasteiger charge is 2.20. The number of aromatic amines is 1. The number of nitrogens with zero attached hydrogens (tertiary/aromatic N) is 1. The molecule has 0 saturated heterocycles. The van der Waals surface area contributed by atoms with Gasteiger partial charge in [0, 0.05) is 42.4 Å². The number of phenolic OH excluding ortho intramolecular Hbond substituents is 2. The summed E-state index contributed by atoms with van der Waals surface area (Å²) < 4.78 is 0.